The number of hydrogen-bond acceptors (Lipinski definition) is 3. The number of allylic oxidation sites excluding steroid dienone is 2. The van der Waals surface area contributed by atoms with Crippen LogP contribution in [-0.4, -0.2) is 48.8 Å². The van der Waals surface area contributed by atoms with Gasteiger partial charge in [-0.3, -0.25) is 4.79 Å². The van der Waals surface area contributed by atoms with Gasteiger partial charge in [-0.2, -0.15) is 0 Å². The molecule has 0 radical (unpaired) electrons. The second-order valence-electron chi connectivity index (χ2n) is 6.40. The lowest BCUT2D eigenvalue weighted by molar-refractivity contribution is -0.142. The predicted octanol–water partition coefficient (Wildman–Crippen LogP) is 4.37. The Morgan fingerprint density at radius 2 is 2.12 bits per heavy atom. The van der Waals surface area contributed by atoms with E-state index in [0.717, 1.165) is 45.4 Å². The molecule has 1 heterocycles. The van der Waals surface area contributed by atoms with Crippen LogP contribution in [0.4, 0.5) is 0 Å². The SMILES string of the molecule is CC=CCCCN(CCC1OCCC(CC)CO1)C(=O)C(Cl)CC. The third-order valence-electron chi connectivity index (χ3n) is 4.53. The highest BCUT2D eigenvalue weighted by atomic mass is 35.5. The van der Waals surface area contributed by atoms with Gasteiger partial charge in [0.1, 0.15) is 5.38 Å². The zero-order chi connectivity index (χ0) is 17.8. The van der Waals surface area contributed by atoms with Crippen LogP contribution in [0.1, 0.15) is 59.3 Å². The topological polar surface area (TPSA) is 38.8 Å². The van der Waals surface area contributed by atoms with Gasteiger partial charge in [-0.15, -0.1) is 11.6 Å². The van der Waals surface area contributed by atoms with Crippen molar-refractivity contribution < 1.29 is 14.3 Å². The van der Waals surface area contributed by atoms with Gasteiger partial charge < -0.3 is 14.4 Å². The zero-order valence-electron chi connectivity index (χ0n) is 15.5. The lowest BCUT2D eigenvalue weighted by Crippen LogP contribution is -2.39. The number of amides is 1. The highest BCUT2D eigenvalue weighted by molar-refractivity contribution is 6.30. The van der Waals surface area contributed by atoms with Gasteiger partial charge in [-0.1, -0.05) is 32.4 Å². The van der Waals surface area contributed by atoms with Gasteiger partial charge in [0, 0.05) is 19.5 Å². The molecule has 1 aliphatic heterocycles. The number of unbranched alkanes of at least 4 members (excludes halogenated alkanes) is 1. The van der Waals surface area contributed by atoms with Crippen molar-refractivity contribution in [2.24, 2.45) is 5.92 Å². The van der Waals surface area contributed by atoms with E-state index in [2.05, 4.69) is 13.0 Å². The lowest BCUT2D eigenvalue weighted by Gasteiger charge is -2.26. The van der Waals surface area contributed by atoms with E-state index < -0.39 is 5.38 Å². The summed E-state index contributed by atoms with van der Waals surface area (Å²) in [5.41, 5.74) is 0. The summed E-state index contributed by atoms with van der Waals surface area (Å²) in [4.78, 5) is 14.3. The third-order valence-corrected chi connectivity index (χ3v) is 5.03. The molecule has 0 saturated carbocycles. The van der Waals surface area contributed by atoms with Gasteiger partial charge in [0.05, 0.1) is 13.2 Å². The second kappa shape index (κ2) is 12.7. The summed E-state index contributed by atoms with van der Waals surface area (Å²) in [6.45, 7) is 9.00. The molecule has 3 atom stereocenters. The van der Waals surface area contributed by atoms with Crippen LogP contribution in [0.15, 0.2) is 12.2 Å². The lowest BCUT2D eigenvalue weighted by atomic mass is 10.1. The van der Waals surface area contributed by atoms with E-state index in [9.17, 15) is 4.79 Å². The molecule has 1 aliphatic rings. The maximum absolute atomic E-state index is 12.5. The van der Waals surface area contributed by atoms with Crippen molar-refractivity contribution in [3.8, 4) is 0 Å². The molecule has 0 N–H and O–H groups in total. The minimum atomic E-state index is -0.438. The first-order chi connectivity index (χ1) is 11.6. The maximum atomic E-state index is 12.5. The van der Waals surface area contributed by atoms with E-state index >= 15 is 0 Å². The molecule has 0 aromatic rings. The van der Waals surface area contributed by atoms with Gasteiger partial charge >= 0.3 is 0 Å². The fraction of sp³-hybridized carbons (Fsp3) is 0.842. The molecular weight excluding hydrogens is 326 g/mol. The Morgan fingerprint density at radius 3 is 2.79 bits per heavy atom. The van der Waals surface area contributed by atoms with Crippen LogP contribution >= 0.6 is 11.6 Å². The first-order valence-electron chi connectivity index (χ1n) is 9.39. The summed E-state index contributed by atoms with van der Waals surface area (Å²) in [5, 5.41) is -0.438. The number of hydrogen-bond donors (Lipinski definition) is 0. The normalized spacial score (nSPS) is 23.2. The van der Waals surface area contributed by atoms with E-state index in [1.165, 1.54) is 0 Å². The van der Waals surface area contributed by atoms with Crippen molar-refractivity contribution in [2.75, 3.05) is 26.3 Å². The van der Waals surface area contributed by atoms with Crippen LogP contribution in [0.5, 0.6) is 0 Å². The van der Waals surface area contributed by atoms with Crippen LogP contribution < -0.4 is 0 Å². The molecule has 0 aliphatic carbocycles. The van der Waals surface area contributed by atoms with Crippen molar-refractivity contribution in [1.82, 2.24) is 4.90 Å². The summed E-state index contributed by atoms with van der Waals surface area (Å²) in [6, 6.07) is 0. The molecule has 0 aromatic carbocycles. The largest absolute Gasteiger partial charge is 0.353 e. The van der Waals surface area contributed by atoms with Gasteiger partial charge in [-0.05, 0) is 38.5 Å². The van der Waals surface area contributed by atoms with Crippen molar-refractivity contribution in [3.63, 3.8) is 0 Å². The van der Waals surface area contributed by atoms with Crippen molar-refractivity contribution in [2.45, 2.75) is 71.0 Å². The number of nitrogens with zero attached hydrogens (tertiary/aromatic N) is 1. The van der Waals surface area contributed by atoms with Crippen LogP contribution in [-0.2, 0) is 14.3 Å². The monoisotopic (exact) mass is 359 g/mol. The van der Waals surface area contributed by atoms with Crippen molar-refractivity contribution in [3.05, 3.63) is 12.2 Å². The zero-order valence-corrected chi connectivity index (χ0v) is 16.3. The molecule has 1 fully saturated rings. The predicted molar refractivity (Wildman–Crippen MR) is 99.3 cm³/mol. The Balaban J connectivity index is 2.49. The fourth-order valence-corrected chi connectivity index (χ4v) is 2.90. The minimum Gasteiger partial charge on any atom is -0.353 e. The number of ether oxygens (including phenoxy) is 2. The Morgan fingerprint density at radius 1 is 1.33 bits per heavy atom. The van der Waals surface area contributed by atoms with E-state index in [4.69, 9.17) is 21.1 Å². The summed E-state index contributed by atoms with van der Waals surface area (Å²) in [7, 11) is 0. The van der Waals surface area contributed by atoms with Crippen molar-refractivity contribution >= 4 is 17.5 Å². The molecule has 4 nitrogen and oxygen atoms in total. The number of alkyl halides is 1. The van der Waals surface area contributed by atoms with Gasteiger partial charge in [0.2, 0.25) is 5.91 Å². The first kappa shape index (κ1) is 21.5. The fourth-order valence-electron chi connectivity index (χ4n) is 2.76. The smallest absolute Gasteiger partial charge is 0.240 e. The Labute approximate surface area is 152 Å². The molecule has 3 unspecified atom stereocenters. The van der Waals surface area contributed by atoms with E-state index in [1.807, 2.05) is 24.8 Å². The summed E-state index contributed by atoms with van der Waals surface area (Å²) >= 11 is 6.17. The maximum Gasteiger partial charge on any atom is 0.240 e. The quantitative estimate of drug-likeness (QED) is 0.330. The minimum absolute atomic E-state index is 0.0275. The van der Waals surface area contributed by atoms with E-state index in [-0.39, 0.29) is 12.2 Å². The van der Waals surface area contributed by atoms with E-state index in [0.29, 0.717) is 25.3 Å². The Hall–Kier alpha value is -0.580. The molecule has 24 heavy (non-hydrogen) atoms. The number of rotatable bonds is 10. The molecule has 1 amide bonds. The molecule has 0 spiro atoms. The molecule has 1 saturated heterocycles. The van der Waals surface area contributed by atoms with Gasteiger partial charge in [0.25, 0.3) is 0 Å². The summed E-state index contributed by atoms with van der Waals surface area (Å²) in [5.74, 6) is 0.612. The molecule has 0 bridgehead atoms. The van der Waals surface area contributed by atoms with E-state index in [1.54, 1.807) is 0 Å². The Bertz CT molecular complexity index is 376. The number of carbonyl (C=O) groups excluding carboxylic acids is 1. The second-order valence-corrected chi connectivity index (χ2v) is 6.92. The highest BCUT2D eigenvalue weighted by Gasteiger charge is 2.23. The summed E-state index contributed by atoms with van der Waals surface area (Å²) in [6.07, 6.45) is 9.43. The number of carbonyl (C=O) groups is 1. The Kier molecular flexibility index (Phi) is 11.4. The third kappa shape index (κ3) is 8.00. The average molecular weight is 360 g/mol. The van der Waals surface area contributed by atoms with Crippen molar-refractivity contribution in [1.29, 1.82) is 0 Å². The van der Waals surface area contributed by atoms with Crippen LogP contribution in [0.3, 0.4) is 0 Å². The van der Waals surface area contributed by atoms with Gasteiger partial charge in [0.15, 0.2) is 6.29 Å². The average Bonchev–Trinajstić information content (AvgIpc) is 2.85. The molecule has 0 aromatic heterocycles. The highest BCUT2D eigenvalue weighted by Crippen LogP contribution is 2.18. The van der Waals surface area contributed by atoms with Gasteiger partial charge in [-0.25, -0.2) is 0 Å². The summed E-state index contributed by atoms with van der Waals surface area (Å²) < 4.78 is 11.7. The van der Waals surface area contributed by atoms with Crippen LogP contribution in [0.25, 0.3) is 0 Å². The van der Waals surface area contributed by atoms with Crippen LogP contribution in [0, 0.1) is 5.92 Å². The standard InChI is InChI=1S/C19H34ClNO3/c1-4-7-8-9-12-21(19(22)17(20)6-3)13-10-18-23-14-11-16(5-2)15-24-18/h4,7,16-18H,5-6,8-15H2,1-3H3. The molecule has 140 valence electrons. The van der Waals surface area contributed by atoms with Crippen LogP contribution in [0.2, 0.25) is 0 Å². The molecule has 5 heteroatoms. The molecule has 1 rings (SSSR count). The number of halogens is 1. The first-order valence-corrected chi connectivity index (χ1v) is 9.83. The molecular formula is C19H34ClNO3.